The van der Waals surface area contributed by atoms with E-state index in [4.69, 9.17) is 16.3 Å². The highest BCUT2D eigenvalue weighted by atomic mass is 35.5. The number of nitrogens with one attached hydrogen (secondary N) is 1. The molecule has 6 heteroatoms. The Morgan fingerprint density at radius 1 is 1.08 bits per heavy atom. The molecular formula is C20H19ClN2O3. The summed E-state index contributed by atoms with van der Waals surface area (Å²) >= 11 is 5.86. The van der Waals surface area contributed by atoms with Gasteiger partial charge in [-0.15, -0.1) is 0 Å². The first-order valence-electron chi connectivity index (χ1n) is 8.67. The second kappa shape index (κ2) is 6.65. The monoisotopic (exact) mass is 370 g/mol. The zero-order valence-corrected chi connectivity index (χ0v) is 15.0. The fourth-order valence-electron chi connectivity index (χ4n) is 3.58. The van der Waals surface area contributed by atoms with Crippen LogP contribution in [0.2, 0.25) is 5.02 Å². The Morgan fingerprint density at radius 3 is 2.50 bits per heavy atom. The van der Waals surface area contributed by atoms with Gasteiger partial charge in [-0.25, -0.2) is 4.79 Å². The van der Waals surface area contributed by atoms with Crippen molar-refractivity contribution >= 4 is 29.1 Å². The van der Waals surface area contributed by atoms with Crippen LogP contribution in [-0.4, -0.2) is 35.4 Å². The largest absolute Gasteiger partial charge is 0.486 e. The number of carbonyl (C=O) groups excluding carboxylic acids is 2. The summed E-state index contributed by atoms with van der Waals surface area (Å²) < 4.78 is 6.20. The fraction of sp³-hybridized carbons (Fsp3) is 0.300. The molecule has 0 aromatic heterocycles. The van der Waals surface area contributed by atoms with Crippen molar-refractivity contribution < 1.29 is 14.3 Å². The molecule has 2 aromatic rings. The van der Waals surface area contributed by atoms with Gasteiger partial charge in [0.2, 0.25) is 0 Å². The van der Waals surface area contributed by atoms with E-state index < -0.39 is 5.60 Å². The lowest BCUT2D eigenvalue weighted by atomic mass is 9.82. The molecule has 1 N–H and O–H groups in total. The van der Waals surface area contributed by atoms with Gasteiger partial charge in [0.1, 0.15) is 11.4 Å². The predicted molar refractivity (Wildman–Crippen MR) is 100 cm³/mol. The van der Waals surface area contributed by atoms with Crippen LogP contribution in [0.4, 0.5) is 10.5 Å². The third kappa shape index (κ3) is 3.27. The molecule has 0 unspecified atom stereocenters. The van der Waals surface area contributed by atoms with Gasteiger partial charge in [0, 0.05) is 36.6 Å². The molecule has 1 saturated heterocycles. The highest BCUT2D eigenvalue weighted by molar-refractivity contribution is 6.30. The molecule has 2 aromatic carbocycles. The third-order valence-electron chi connectivity index (χ3n) is 5.05. The molecule has 1 fully saturated rings. The van der Waals surface area contributed by atoms with Gasteiger partial charge in [-0.05, 0) is 36.4 Å². The maximum absolute atomic E-state index is 12.5. The average molecular weight is 371 g/mol. The van der Waals surface area contributed by atoms with E-state index >= 15 is 0 Å². The molecular weight excluding hydrogens is 352 g/mol. The lowest BCUT2D eigenvalue weighted by Crippen LogP contribution is -2.53. The molecule has 4 rings (SSSR count). The van der Waals surface area contributed by atoms with Gasteiger partial charge in [0.05, 0.1) is 12.0 Å². The van der Waals surface area contributed by atoms with E-state index in [2.05, 4.69) is 5.32 Å². The van der Waals surface area contributed by atoms with Crippen LogP contribution < -0.4 is 10.1 Å². The van der Waals surface area contributed by atoms with E-state index in [0.717, 1.165) is 0 Å². The van der Waals surface area contributed by atoms with Crippen molar-refractivity contribution in [3.63, 3.8) is 0 Å². The maximum atomic E-state index is 12.5. The number of hydrogen-bond acceptors (Lipinski definition) is 3. The lowest BCUT2D eigenvalue weighted by Gasteiger charge is -2.43. The summed E-state index contributed by atoms with van der Waals surface area (Å²) in [5.74, 6) is 0.772. The van der Waals surface area contributed by atoms with E-state index in [1.807, 2.05) is 18.2 Å². The molecule has 2 aliphatic rings. The van der Waals surface area contributed by atoms with Gasteiger partial charge in [0.15, 0.2) is 5.78 Å². The van der Waals surface area contributed by atoms with Gasteiger partial charge < -0.3 is 15.0 Å². The van der Waals surface area contributed by atoms with E-state index in [1.165, 1.54) is 0 Å². The van der Waals surface area contributed by atoms with E-state index in [0.29, 0.717) is 54.4 Å². The van der Waals surface area contributed by atoms with Crippen LogP contribution in [0.15, 0.2) is 48.5 Å². The predicted octanol–water partition coefficient (Wildman–Crippen LogP) is 4.37. The number of hydrogen-bond donors (Lipinski definition) is 1. The Balaban J connectivity index is 1.40. The Labute approximate surface area is 156 Å². The minimum absolute atomic E-state index is 0.117. The van der Waals surface area contributed by atoms with Crippen LogP contribution in [-0.2, 0) is 0 Å². The number of benzene rings is 2. The number of rotatable bonds is 1. The van der Waals surface area contributed by atoms with E-state index in [-0.39, 0.29) is 11.8 Å². The number of fused-ring (bicyclic) bond motifs is 1. The van der Waals surface area contributed by atoms with Crippen molar-refractivity contribution in [3.8, 4) is 5.75 Å². The highest BCUT2D eigenvalue weighted by Gasteiger charge is 2.43. The molecule has 2 amide bonds. The smallest absolute Gasteiger partial charge is 0.321 e. The summed E-state index contributed by atoms with van der Waals surface area (Å²) in [5.41, 5.74) is 0.862. The van der Waals surface area contributed by atoms with Crippen molar-refractivity contribution in [2.45, 2.75) is 24.9 Å². The summed E-state index contributed by atoms with van der Waals surface area (Å²) in [6.07, 6.45) is 1.65. The Hall–Kier alpha value is -2.53. The van der Waals surface area contributed by atoms with E-state index in [1.54, 1.807) is 35.2 Å². The van der Waals surface area contributed by atoms with Crippen molar-refractivity contribution in [2.24, 2.45) is 0 Å². The number of likely N-dealkylation sites (tertiary alicyclic amines) is 1. The number of ether oxygens (including phenoxy) is 1. The summed E-state index contributed by atoms with van der Waals surface area (Å²) in [7, 11) is 0. The number of halogens is 1. The van der Waals surface area contributed by atoms with Crippen molar-refractivity contribution in [2.75, 3.05) is 18.4 Å². The first-order valence-corrected chi connectivity index (χ1v) is 9.05. The van der Waals surface area contributed by atoms with Gasteiger partial charge in [-0.3, -0.25) is 4.79 Å². The third-order valence-corrected chi connectivity index (χ3v) is 5.31. The number of piperidine rings is 1. The molecule has 0 bridgehead atoms. The van der Waals surface area contributed by atoms with Crippen LogP contribution in [0.1, 0.15) is 29.6 Å². The Kier molecular flexibility index (Phi) is 4.32. The van der Waals surface area contributed by atoms with Gasteiger partial charge in [0.25, 0.3) is 0 Å². The molecule has 0 aliphatic carbocycles. The number of Topliss-reactive ketones (excluding diaryl/α,β-unsaturated/α-hetero) is 1. The minimum Gasteiger partial charge on any atom is -0.486 e. The van der Waals surface area contributed by atoms with Gasteiger partial charge >= 0.3 is 6.03 Å². The number of anilines is 1. The zero-order valence-electron chi connectivity index (χ0n) is 14.2. The summed E-state index contributed by atoms with van der Waals surface area (Å²) in [6.45, 7) is 1.10. The van der Waals surface area contributed by atoms with Crippen LogP contribution in [0.25, 0.3) is 0 Å². The molecule has 5 nitrogen and oxygen atoms in total. The van der Waals surface area contributed by atoms with Gasteiger partial charge in [-0.2, -0.15) is 0 Å². The molecule has 26 heavy (non-hydrogen) atoms. The lowest BCUT2D eigenvalue weighted by molar-refractivity contribution is 0.000391. The average Bonchev–Trinajstić information content (AvgIpc) is 2.64. The standard InChI is InChI=1S/C20H19ClN2O3/c21-14-5-7-15(8-6-14)22-19(25)23-11-9-20(10-12-23)13-17(24)16-3-1-2-4-18(16)26-20/h1-8H,9-13H2,(H,22,25). The molecule has 0 saturated carbocycles. The first-order chi connectivity index (χ1) is 12.5. The zero-order chi connectivity index (χ0) is 18.1. The fourth-order valence-corrected chi connectivity index (χ4v) is 3.70. The second-order valence-corrected chi connectivity index (χ2v) is 7.24. The van der Waals surface area contributed by atoms with Crippen LogP contribution >= 0.6 is 11.6 Å². The first kappa shape index (κ1) is 16.9. The summed E-state index contributed by atoms with van der Waals surface area (Å²) in [6, 6.07) is 14.2. The highest BCUT2D eigenvalue weighted by Crippen LogP contribution is 2.39. The van der Waals surface area contributed by atoms with E-state index in [9.17, 15) is 9.59 Å². The van der Waals surface area contributed by atoms with Crippen LogP contribution in [0, 0.1) is 0 Å². The van der Waals surface area contributed by atoms with Crippen molar-refractivity contribution in [3.05, 3.63) is 59.1 Å². The normalized spacial score (nSPS) is 18.2. The van der Waals surface area contributed by atoms with Gasteiger partial charge in [-0.1, -0.05) is 23.7 Å². The molecule has 2 aliphatic heterocycles. The number of amides is 2. The number of nitrogens with zero attached hydrogens (tertiary/aromatic N) is 1. The maximum Gasteiger partial charge on any atom is 0.321 e. The number of para-hydroxylation sites is 1. The quantitative estimate of drug-likeness (QED) is 0.810. The Bertz CT molecular complexity index is 842. The molecule has 1 spiro atoms. The summed E-state index contributed by atoms with van der Waals surface area (Å²) in [4.78, 5) is 26.7. The molecule has 134 valence electrons. The number of ketones is 1. The molecule has 0 atom stereocenters. The van der Waals surface area contributed by atoms with Crippen LogP contribution in [0.5, 0.6) is 5.75 Å². The van der Waals surface area contributed by atoms with Crippen LogP contribution in [0.3, 0.4) is 0 Å². The number of carbonyl (C=O) groups is 2. The topological polar surface area (TPSA) is 58.6 Å². The Morgan fingerprint density at radius 2 is 1.77 bits per heavy atom. The van der Waals surface area contributed by atoms with Crippen molar-refractivity contribution in [1.82, 2.24) is 4.90 Å². The second-order valence-electron chi connectivity index (χ2n) is 6.81. The molecule has 2 heterocycles. The summed E-state index contributed by atoms with van der Waals surface area (Å²) in [5, 5.41) is 3.50. The molecule has 0 radical (unpaired) electrons. The van der Waals surface area contributed by atoms with Crippen molar-refractivity contribution in [1.29, 1.82) is 0 Å². The number of urea groups is 1. The SMILES string of the molecule is O=C1CC2(CCN(C(=O)Nc3ccc(Cl)cc3)CC2)Oc2ccccc21. The minimum atomic E-state index is -0.498.